The lowest BCUT2D eigenvalue weighted by Crippen LogP contribution is -2.41. The van der Waals surface area contributed by atoms with Crippen LogP contribution in [0.2, 0.25) is 10.0 Å². The molecule has 2 heterocycles. The molecule has 1 aromatic heterocycles. The average molecular weight is 486 g/mol. The number of fused-ring (bicyclic) bond motifs is 1. The van der Waals surface area contributed by atoms with E-state index in [-0.39, 0.29) is 5.91 Å². The van der Waals surface area contributed by atoms with E-state index in [1.807, 2.05) is 36.9 Å². The van der Waals surface area contributed by atoms with Crippen molar-refractivity contribution in [2.45, 2.75) is 34.1 Å². The van der Waals surface area contributed by atoms with E-state index in [4.69, 9.17) is 32.4 Å². The summed E-state index contributed by atoms with van der Waals surface area (Å²) in [7, 11) is 1.64. The highest BCUT2D eigenvalue weighted by molar-refractivity contribution is 6.36. The highest BCUT2D eigenvalue weighted by Crippen LogP contribution is 2.42. The van der Waals surface area contributed by atoms with Crippen LogP contribution < -0.4 is 4.74 Å². The molecule has 6 heteroatoms. The Morgan fingerprint density at radius 3 is 2.48 bits per heavy atom. The average Bonchev–Trinajstić information content (AvgIpc) is 3.17. The maximum atomic E-state index is 13.1. The Morgan fingerprint density at radius 2 is 1.85 bits per heavy atom. The molecule has 1 fully saturated rings. The van der Waals surface area contributed by atoms with Gasteiger partial charge in [0.15, 0.2) is 0 Å². The second-order valence-electron chi connectivity index (χ2n) is 9.25. The molecule has 0 bridgehead atoms. The summed E-state index contributed by atoms with van der Waals surface area (Å²) in [5.74, 6) is 1.76. The van der Waals surface area contributed by atoms with Crippen molar-refractivity contribution < 1.29 is 13.9 Å². The van der Waals surface area contributed by atoms with Crippen LogP contribution in [0.5, 0.6) is 5.75 Å². The molecular formula is C27H29Cl2NO3. The fraction of sp³-hybridized carbons (Fsp3) is 0.370. The van der Waals surface area contributed by atoms with Gasteiger partial charge in [0.2, 0.25) is 5.91 Å². The lowest BCUT2D eigenvalue weighted by molar-refractivity contribution is -0.128. The summed E-state index contributed by atoms with van der Waals surface area (Å²) in [5, 5.41) is 2.04. The van der Waals surface area contributed by atoms with E-state index in [1.54, 1.807) is 25.5 Å². The van der Waals surface area contributed by atoms with Crippen LogP contribution in [-0.4, -0.2) is 31.0 Å². The van der Waals surface area contributed by atoms with E-state index in [2.05, 4.69) is 13.8 Å². The van der Waals surface area contributed by atoms with Crippen LogP contribution in [0, 0.1) is 18.8 Å². The van der Waals surface area contributed by atoms with Gasteiger partial charge in [-0.15, -0.1) is 0 Å². The minimum absolute atomic E-state index is 0.0406. The molecule has 4 nitrogen and oxygen atoms in total. The molecule has 0 spiro atoms. The molecule has 2 unspecified atom stereocenters. The van der Waals surface area contributed by atoms with E-state index >= 15 is 0 Å². The molecule has 2 atom stereocenters. The van der Waals surface area contributed by atoms with E-state index in [9.17, 15) is 4.79 Å². The number of aryl methyl sites for hydroxylation is 1. The molecule has 1 aliphatic heterocycles. The fourth-order valence-corrected chi connectivity index (χ4v) is 5.50. The van der Waals surface area contributed by atoms with Crippen molar-refractivity contribution >= 4 is 45.7 Å². The van der Waals surface area contributed by atoms with Gasteiger partial charge in [-0.25, -0.2) is 0 Å². The van der Waals surface area contributed by atoms with Crippen molar-refractivity contribution in [2.24, 2.45) is 11.8 Å². The minimum Gasteiger partial charge on any atom is -0.496 e. The number of hydrogen-bond acceptors (Lipinski definition) is 3. The van der Waals surface area contributed by atoms with Crippen molar-refractivity contribution in [3.8, 4) is 16.9 Å². The summed E-state index contributed by atoms with van der Waals surface area (Å²) < 4.78 is 11.7. The molecule has 0 radical (unpaired) electrons. The lowest BCUT2D eigenvalue weighted by Gasteiger charge is -2.34. The molecule has 1 saturated heterocycles. The second kappa shape index (κ2) is 9.44. The highest BCUT2D eigenvalue weighted by Gasteiger charge is 2.25. The summed E-state index contributed by atoms with van der Waals surface area (Å²) in [5.41, 5.74) is 5.03. The number of carbonyl (C=O) groups is 1. The van der Waals surface area contributed by atoms with E-state index < -0.39 is 0 Å². The third-order valence-electron chi connectivity index (χ3n) is 6.41. The maximum absolute atomic E-state index is 13.1. The van der Waals surface area contributed by atoms with Crippen LogP contribution in [0.4, 0.5) is 0 Å². The number of benzene rings is 2. The normalized spacial score (nSPS) is 19.2. The quantitative estimate of drug-likeness (QED) is 0.356. The van der Waals surface area contributed by atoms with Crippen molar-refractivity contribution in [3.63, 3.8) is 0 Å². The zero-order valence-corrected chi connectivity index (χ0v) is 21.2. The van der Waals surface area contributed by atoms with Gasteiger partial charge >= 0.3 is 0 Å². The molecule has 1 aliphatic rings. The second-order valence-corrected chi connectivity index (χ2v) is 10.1. The number of nitrogens with zero attached hydrogens (tertiary/aromatic N) is 1. The molecule has 1 amide bonds. The Bertz CT molecular complexity index is 1230. The minimum atomic E-state index is 0.0406. The summed E-state index contributed by atoms with van der Waals surface area (Å²) in [6.07, 6.45) is 4.59. The van der Waals surface area contributed by atoms with Crippen LogP contribution in [-0.2, 0) is 4.79 Å². The first-order chi connectivity index (χ1) is 15.7. The number of halogens is 2. The highest BCUT2D eigenvalue weighted by atomic mass is 35.5. The monoisotopic (exact) mass is 485 g/mol. The van der Waals surface area contributed by atoms with Gasteiger partial charge in [-0.2, -0.15) is 0 Å². The third kappa shape index (κ3) is 4.64. The molecule has 33 heavy (non-hydrogen) atoms. The van der Waals surface area contributed by atoms with Gasteiger partial charge in [-0.05, 0) is 55.9 Å². The van der Waals surface area contributed by atoms with Crippen LogP contribution >= 0.6 is 23.2 Å². The van der Waals surface area contributed by atoms with E-state index in [1.165, 1.54) is 0 Å². The van der Waals surface area contributed by atoms with Crippen molar-refractivity contribution in [1.29, 1.82) is 0 Å². The third-order valence-corrected chi connectivity index (χ3v) is 6.96. The number of methoxy groups -OCH3 is 1. The fourth-order valence-electron chi connectivity index (χ4n) is 4.99. The number of amides is 1. The molecule has 0 aliphatic carbocycles. The smallest absolute Gasteiger partial charge is 0.246 e. The van der Waals surface area contributed by atoms with Crippen LogP contribution in [0.15, 0.2) is 41.0 Å². The molecule has 0 saturated carbocycles. The largest absolute Gasteiger partial charge is 0.496 e. The van der Waals surface area contributed by atoms with Gasteiger partial charge < -0.3 is 14.1 Å². The van der Waals surface area contributed by atoms with E-state index in [0.717, 1.165) is 58.3 Å². The predicted octanol–water partition coefficient (Wildman–Crippen LogP) is 7.63. The van der Waals surface area contributed by atoms with Gasteiger partial charge in [0.1, 0.15) is 11.3 Å². The standard InChI is InChI=1S/C27H29Cl2NO3/c1-15-8-16(2)13-30(12-15)25(31)9-17(3)21-11-22-23(20-7-6-19(28)10-24(20)29)14-33-27(22)18(4)26(21)32-5/h6-7,9-11,14-16H,8,12-13H2,1-5H3/b17-9+. The first-order valence-corrected chi connectivity index (χ1v) is 12.0. The van der Waals surface area contributed by atoms with Gasteiger partial charge in [0.05, 0.1) is 18.4 Å². The van der Waals surface area contributed by atoms with Crippen LogP contribution in [0.1, 0.15) is 38.3 Å². The Kier molecular flexibility index (Phi) is 6.78. The molecule has 0 N–H and O–H groups in total. The molecular weight excluding hydrogens is 457 g/mol. The number of furan rings is 1. The summed E-state index contributed by atoms with van der Waals surface area (Å²) >= 11 is 12.6. The first-order valence-electron chi connectivity index (χ1n) is 11.2. The molecule has 4 rings (SSSR count). The van der Waals surface area contributed by atoms with Crippen molar-refractivity contribution in [2.75, 3.05) is 20.2 Å². The Labute approximate surface area is 205 Å². The number of carbonyl (C=O) groups excluding carboxylic acids is 1. The summed E-state index contributed by atoms with van der Waals surface area (Å²) in [6.45, 7) is 9.91. The Morgan fingerprint density at radius 1 is 1.15 bits per heavy atom. The maximum Gasteiger partial charge on any atom is 0.246 e. The Hall–Kier alpha value is -2.43. The van der Waals surface area contributed by atoms with E-state index in [0.29, 0.717) is 27.6 Å². The number of hydrogen-bond donors (Lipinski definition) is 0. The lowest BCUT2D eigenvalue weighted by atomic mass is 9.91. The van der Waals surface area contributed by atoms with Gasteiger partial charge in [-0.3, -0.25) is 4.79 Å². The van der Waals surface area contributed by atoms with Gasteiger partial charge in [0, 0.05) is 51.8 Å². The molecule has 3 aromatic rings. The van der Waals surface area contributed by atoms with Crippen molar-refractivity contribution in [1.82, 2.24) is 4.90 Å². The van der Waals surface area contributed by atoms with Gasteiger partial charge in [-0.1, -0.05) is 43.1 Å². The topological polar surface area (TPSA) is 42.7 Å². The zero-order chi connectivity index (χ0) is 23.9. The van der Waals surface area contributed by atoms with Crippen LogP contribution in [0.3, 0.4) is 0 Å². The summed E-state index contributed by atoms with van der Waals surface area (Å²) in [6, 6.07) is 7.44. The zero-order valence-electron chi connectivity index (χ0n) is 19.7. The number of allylic oxidation sites excluding steroid dienone is 1. The number of ether oxygens (including phenoxy) is 1. The SMILES string of the molecule is COc1c(/C(C)=C/C(=O)N2CC(C)CC(C)C2)cc2c(-c3ccc(Cl)cc3Cl)coc2c1C. The van der Waals surface area contributed by atoms with Crippen molar-refractivity contribution in [3.05, 3.63) is 57.8 Å². The number of rotatable bonds is 4. The number of piperidine rings is 1. The Balaban J connectivity index is 1.79. The number of likely N-dealkylation sites (tertiary alicyclic amines) is 1. The molecule has 174 valence electrons. The van der Waals surface area contributed by atoms with Crippen LogP contribution in [0.25, 0.3) is 27.7 Å². The predicted molar refractivity (Wildman–Crippen MR) is 136 cm³/mol. The van der Waals surface area contributed by atoms with Gasteiger partial charge in [0.25, 0.3) is 0 Å². The first kappa shape index (κ1) is 23.7. The summed E-state index contributed by atoms with van der Waals surface area (Å²) in [4.78, 5) is 15.1. The molecule has 2 aromatic carbocycles.